The second-order valence-electron chi connectivity index (χ2n) is 5.80. The highest BCUT2D eigenvalue weighted by Crippen LogP contribution is 2.32. The number of aromatic nitrogens is 1. The molecule has 0 aliphatic rings. The van der Waals surface area contributed by atoms with Gasteiger partial charge in [0.1, 0.15) is 5.82 Å². The minimum Gasteiger partial charge on any atom is -0.367 e. The third kappa shape index (κ3) is 4.68. The predicted molar refractivity (Wildman–Crippen MR) is 99.0 cm³/mol. The van der Waals surface area contributed by atoms with E-state index in [2.05, 4.69) is 15.6 Å². The standard InChI is InChI=1S/C19H15ClF3N3O/c20-16-10-15(19(21,22)23)11-26-17(16)24-7-8-25-18(27)14-6-5-12-3-1-2-4-13(12)9-14/h1-6,9-11H,7-8H2,(H,24,26)(H,25,27). The highest BCUT2D eigenvalue weighted by atomic mass is 35.5. The van der Waals surface area contributed by atoms with Crippen LogP contribution in [0.15, 0.2) is 54.7 Å². The molecule has 1 heterocycles. The van der Waals surface area contributed by atoms with Crippen LogP contribution in [0.3, 0.4) is 0 Å². The number of nitrogens with zero attached hydrogens (tertiary/aromatic N) is 1. The van der Waals surface area contributed by atoms with Gasteiger partial charge in [-0.3, -0.25) is 4.79 Å². The zero-order valence-electron chi connectivity index (χ0n) is 14.0. The van der Waals surface area contributed by atoms with Gasteiger partial charge in [-0.2, -0.15) is 13.2 Å². The molecule has 3 rings (SSSR count). The van der Waals surface area contributed by atoms with Gasteiger partial charge in [-0.1, -0.05) is 41.9 Å². The van der Waals surface area contributed by atoms with E-state index in [0.717, 1.165) is 16.8 Å². The van der Waals surface area contributed by atoms with Crippen molar-refractivity contribution in [1.82, 2.24) is 10.3 Å². The van der Waals surface area contributed by atoms with Crippen molar-refractivity contribution >= 4 is 34.1 Å². The number of alkyl halides is 3. The van der Waals surface area contributed by atoms with Crippen molar-refractivity contribution in [3.05, 3.63) is 70.9 Å². The molecule has 140 valence electrons. The van der Waals surface area contributed by atoms with Crippen molar-refractivity contribution in [2.75, 3.05) is 18.4 Å². The monoisotopic (exact) mass is 393 g/mol. The topological polar surface area (TPSA) is 54.0 Å². The molecule has 0 spiro atoms. The van der Waals surface area contributed by atoms with Crippen LogP contribution in [0.2, 0.25) is 5.02 Å². The fourth-order valence-corrected chi connectivity index (χ4v) is 2.75. The Balaban J connectivity index is 1.54. The van der Waals surface area contributed by atoms with Gasteiger partial charge in [-0.25, -0.2) is 4.98 Å². The number of hydrogen-bond donors (Lipinski definition) is 2. The summed E-state index contributed by atoms with van der Waals surface area (Å²) in [6, 6.07) is 13.9. The Kier molecular flexibility index (Phi) is 5.51. The van der Waals surface area contributed by atoms with Gasteiger partial charge in [0.15, 0.2) is 0 Å². The molecule has 4 nitrogen and oxygen atoms in total. The fraction of sp³-hybridized carbons (Fsp3) is 0.158. The summed E-state index contributed by atoms with van der Waals surface area (Å²) in [5, 5.41) is 7.41. The van der Waals surface area contributed by atoms with Crippen LogP contribution in [0.5, 0.6) is 0 Å². The lowest BCUT2D eigenvalue weighted by molar-refractivity contribution is -0.137. The molecular formula is C19H15ClF3N3O. The van der Waals surface area contributed by atoms with E-state index in [4.69, 9.17) is 11.6 Å². The molecule has 0 atom stereocenters. The molecule has 0 saturated heterocycles. The molecule has 1 amide bonds. The smallest absolute Gasteiger partial charge is 0.367 e. The maximum Gasteiger partial charge on any atom is 0.417 e. The minimum absolute atomic E-state index is 0.129. The average Bonchev–Trinajstić information content (AvgIpc) is 2.64. The molecule has 8 heteroatoms. The van der Waals surface area contributed by atoms with Crippen molar-refractivity contribution in [3.8, 4) is 0 Å². The third-order valence-corrected chi connectivity index (χ3v) is 4.17. The highest BCUT2D eigenvalue weighted by Gasteiger charge is 2.31. The number of nitrogens with one attached hydrogen (secondary N) is 2. The van der Waals surface area contributed by atoms with Crippen LogP contribution in [0.25, 0.3) is 10.8 Å². The second kappa shape index (κ2) is 7.84. The van der Waals surface area contributed by atoms with Gasteiger partial charge in [0.05, 0.1) is 10.6 Å². The lowest BCUT2D eigenvalue weighted by atomic mass is 10.1. The van der Waals surface area contributed by atoms with Crippen LogP contribution in [0, 0.1) is 0 Å². The molecule has 0 fully saturated rings. The van der Waals surface area contributed by atoms with E-state index in [0.29, 0.717) is 11.8 Å². The molecule has 0 aliphatic carbocycles. The highest BCUT2D eigenvalue weighted by molar-refractivity contribution is 6.32. The molecule has 0 saturated carbocycles. The summed E-state index contributed by atoms with van der Waals surface area (Å²) in [4.78, 5) is 15.9. The Labute approximate surface area is 158 Å². The Hall–Kier alpha value is -2.80. The average molecular weight is 394 g/mol. The van der Waals surface area contributed by atoms with Crippen LogP contribution >= 0.6 is 11.6 Å². The first-order valence-electron chi connectivity index (χ1n) is 8.08. The number of fused-ring (bicyclic) bond motifs is 1. The Bertz CT molecular complexity index is 976. The SMILES string of the molecule is O=C(NCCNc1ncc(C(F)(F)F)cc1Cl)c1ccc2ccccc2c1. The van der Waals surface area contributed by atoms with Crippen LogP contribution in [-0.4, -0.2) is 24.0 Å². The molecular weight excluding hydrogens is 379 g/mol. The Morgan fingerprint density at radius 3 is 2.48 bits per heavy atom. The number of amides is 1. The van der Waals surface area contributed by atoms with Crippen molar-refractivity contribution in [2.24, 2.45) is 0 Å². The summed E-state index contributed by atoms with van der Waals surface area (Å²) >= 11 is 5.82. The quantitative estimate of drug-likeness (QED) is 0.615. The number of benzene rings is 2. The molecule has 0 unspecified atom stereocenters. The van der Waals surface area contributed by atoms with Gasteiger partial charge >= 0.3 is 6.18 Å². The zero-order chi connectivity index (χ0) is 19.4. The number of rotatable bonds is 5. The molecule has 0 aliphatic heterocycles. The first-order chi connectivity index (χ1) is 12.8. The molecule has 2 aromatic carbocycles. The van der Waals surface area contributed by atoms with Crippen LogP contribution < -0.4 is 10.6 Å². The number of carbonyl (C=O) groups excluding carboxylic acids is 1. The summed E-state index contributed by atoms with van der Waals surface area (Å²) in [7, 11) is 0. The number of halogens is 4. The summed E-state index contributed by atoms with van der Waals surface area (Å²) in [6.45, 7) is 0.516. The molecule has 1 aromatic heterocycles. The molecule has 0 radical (unpaired) electrons. The van der Waals surface area contributed by atoms with Crippen molar-refractivity contribution in [2.45, 2.75) is 6.18 Å². The third-order valence-electron chi connectivity index (χ3n) is 3.88. The van der Waals surface area contributed by atoms with E-state index in [1.807, 2.05) is 30.3 Å². The Morgan fingerprint density at radius 1 is 1.04 bits per heavy atom. The predicted octanol–water partition coefficient (Wildman–Crippen LogP) is 4.75. The Morgan fingerprint density at radius 2 is 1.78 bits per heavy atom. The van der Waals surface area contributed by atoms with Crippen LogP contribution in [0.1, 0.15) is 15.9 Å². The minimum atomic E-state index is -4.50. The van der Waals surface area contributed by atoms with Gasteiger partial charge in [-0.05, 0) is 29.0 Å². The first kappa shape index (κ1) is 19.0. The van der Waals surface area contributed by atoms with Gasteiger partial charge in [0.2, 0.25) is 0 Å². The van der Waals surface area contributed by atoms with Gasteiger partial charge in [-0.15, -0.1) is 0 Å². The summed E-state index contributed by atoms with van der Waals surface area (Å²) in [5.74, 6) is -0.112. The summed E-state index contributed by atoms with van der Waals surface area (Å²) in [6.07, 6.45) is -3.79. The van der Waals surface area contributed by atoms with Crippen molar-refractivity contribution < 1.29 is 18.0 Å². The summed E-state index contributed by atoms with van der Waals surface area (Å²) in [5.41, 5.74) is -0.387. The van der Waals surface area contributed by atoms with E-state index < -0.39 is 11.7 Å². The number of hydrogen-bond acceptors (Lipinski definition) is 3. The number of carbonyl (C=O) groups is 1. The van der Waals surface area contributed by atoms with Crippen LogP contribution in [0.4, 0.5) is 19.0 Å². The summed E-state index contributed by atoms with van der Waals surface area (Å²) < 4.78 is 37.8. The maximum atomic E-state index is 12.6. The van der Waals surface area contributed by atoms with Gasteiger partial charge in [0.25, 0.3) is 5.91 Å². The number of pyridine rings is 1. The van der Waals surface area contributed by atoms with E-state index in [1.165, 1.54) is 0 Å². The van der Waals surface area contributed by atoms with Gasteiger partial charge < -0.3 is 10.6 Å². The molecule has 0 bridgehead atoms. The normalized spacial score (nSPS) is 11.4. The van der Waals surface area contributed by atoms with E-state index >= 15 is 0 Å². The lowest BCUT2D eigenvalue weighted by Crippen LogP contribution is -2.28. The van der Waals surface area contributed by atoms with E-state index in [1.54, 1.807) is 12.1 Å². The molecule has 2 N–H and O–H groups in total. The van der Waals surface area contributed by atoms with Crippen molar-refractivity contribution in [3.63, 3.8) is 0 Å². The largest absolute Gasteiger partial charge is 0.417 e. The van der Waals surface area contributed by atoms with E-state index in [9.17, 15) is 18.0 Å². The van der Waals surface area contributed by atoms with E-state index in [-0.39, 0.29) is 29.8 Å². The molecule has 27 heavy (non-hydrogen) atoms. The second-order valence-corrected chi connectivity index (χ2v) is 6.20. The van der Waals surface area contributed by atoms with Gasteiger partial charge in [0, 0.05) is 24.8 Å². The maximum absolute atomic E-state index is 12.6. The zero-order valence-corrected chi connectivity index (χ0v) is 14.7. The fourth-order valence-electron chi connectivity index (χ4n) is 2.51. The first-order valence-corrected chi connectivity index (χ1v) is 8.46. The number of anilines is 1. The van der Waals surface area contributed by atoms with Crippen LogP contribution in [-0.2, 0) is 6.18 Å². The lowest BCUT2D eigenvalue weighted by Gasteiger charge is -2.11. The van der Waals surface area contributed by atoms with Crippen molar-refractivity contribution in [1.29, 1.82) is 0 Å². The molecule has 3 aromatic rings.